The van der Waals surface area contributed by atoms with Gasteiger partial charge in [-0.2, -0.15) is 8.42 Å². The summed E-state index contributed by atoms with van der Waals surface area (Å²) in [4.78, 5) is 26.5. The van der Waals surface area contributed by atoms with E-state index in [1.54, 1.807) is 24.3 Å². The fourth-order valence-corrected chi connectivity index (χ4v) is 7.10. The van der Waals surface area contributed by atoms with Crippen LogP contribution in [-0.2, 0) is 21.3 Å². The van der Waals surface area contributed by atoms with Gasteiger partial charge in [-0.15, -0.1) is 0 Å². The summed E-state index contributed by atoms with van der Waals surface area (Å²) in [7, 11) is -4.17. The Morgan fingerprint density at radius 3 is 2.16 bits per heavy atom. The van der Waals surface area contributed by atoms with Crippen LogP contribution in [0.3, 0.4) is 0 Å². The van der Waals surface area contributed by atoms with Crippen LogP contribution in [0.1, 0.15) is 78.6 Å². The smallest absolute Gasteiger partial charge is 0.266 e. The zero-order chi connectivity index (χ0) is 36.1. The van der Waals surface area contributed by atoms with Crippen molar-refractivity contribution in [3.8, 4) is 11.1 Å². The standard InChI is InChI=1S/C41H45ClN2O5S/c1-27-25-35(42)19-22-37(27)31-15-20-36(21-16-31)44-40(46)38(26-28-5-7-33(8-6-28)39(45)43-23-24-50(47,48)49)32-11-9-29(10-12-32)30-13-17-34(18-14-30)41(2,3)4/h5-13,15-16,19-22,25,34,38H,14,17-18,23-24,26H2,1-4H3,(H,43,45)(H,44,46)(H,47,48,49). The lowest BCUT2D eigenvalue weighted by molar-refractivity contribution is -0.117. The number of benzene rings is 4. The molecule has 2 amide bonds. The van der Waals surface area contributed by atoms with Crippen LogP contribution in [-0.4, -0.2) is 37.1 Å². The first-order chi connectivity index (χ1) is 23.7. The van der Waals surface area contributed by atoms with E-state index in [-0.39, 0.29) is 17.9 Å². The average Bonchev–Trinajstić information content (AvgIpc) is 3.07. The molecule has 3 N–H and O–H groups in total. The largest absolute Gasteiger partial charge is 0.351 e. The summed E-state index contributed by atoms with van der Waals surface area (Å²) in [5.41, 5.74) is 8.75. The van der Waals surface area contributed by atoms with Gasteiger partial charge in [0.2, 0.25) is 5.91 Å². The first-order valence-electron chi connectivity index (χ1n) is 17.0. The van der Waals surface area contributed by atoms with Gasteiger partial charge in [-0.25, -0.2) is 0 Å². The lowest BCUT2D eigenvalue weighted by Crippen LogP contribution is -2.28. The third-order valence-corrected chi connectivity index (χ3v) is 10.5. The van der Waals surface area contributed by atoms with Crippen molar-refractivity contribution in [3.05, 3.63) is 130 Å². The molecule has 2 unspecified atom stereocenters. The van der Waals surface area contributed by atoms with E-state index >= 15 is 0 Å². The van der Waals surface area contributed by atoms with E-state index in [4.69, 9.17) is 16.2 Å². The summed E-state index contributed by atoms with van der Waals surface area (Å²) in [5, 5.41) is 6.30. The number of halogens is 1. The monoisotopic (exact) mass is 712 g/mol. The Labute approximate surface area is 300 Å². The number of nitrogens with one attached hydrogen (secondary N) is 2. The van der Waals surface area contributed by atoms with Crippen molar-refractivity contribution in [1.29, 1.82) is 0 Å². The molecule has 0 fully saturated rings. The highest BCUT2D eigenvalue weighted by Crippen LogP contribution is 2.40. The van der Waals surface area contributed by atoms with Gasteiger partial charge in [-0.3, -0.25) is 14.1 Å². The second kappa shape index (κ2) is 15.8. The normalized spacial score (nSPS) is 15.6. The van der Waals surface area contributed by atoms with E-state index in [0.29, 0.717) is 28.6 Å². The highest BCUT2D eigenvalue weighted by Gasteiger charge is 2.27. The number of allylic oxidation sites excluding steroid dienone is 2. The maximum atomic E-state index is 14.0. The number of carbonyl (C=O) groups excluding carboxylic acids is 2. The Balaban J connectivity index is 1.35. The molecule has 2 atom stereocenters. The third-order valence-electron chi connectivity index (χ3n) is 9.59. The minimum absolute atomic E-state index is 0.148. The predicted molar refractivity (Wildman–Crippen MR) is 203 cm³/mol. The molecule has 5 rings (SSSR count). The van der Waals surface area contributed by atoms with Crippen molar-refractivity contribution in [2.45, 2.75) is 59.3 Å². The van der Waals surface area contributed by atoms with E-state index in [2.05, 4.69) is 49.6 Å². The predicted octanol–water partition coefficient (Wildman–Crippen LogP) is 9.13. The Morgan fingerprint density at radius 1 is 0.920 bits per heavy atom. The number of anilines is 1. The summed E-state index contributed by atoms with van der Waals surface area (Å²) in [5.74, 6) is -1.01. The Kier molecular flexibility index (Phi) is 11.7. The summed E-state index contributed by atoms with van der Waals surface area (Å²) in [6.45, 7) is 8.74. The molecule has 4 aromatic rings. The maximum absolute atomic E-state index is 14.0. The third kappa shape index (κ3) is 9.93. The molecule has 0 saturated carbocycles. The molecule has 7 nitrogen and oxygen atoms in total. The van der Waals surface area contributed by atoms with Gasteiger partial charge >= 0.3 is 0 Å². The van der Waals surface area contributed by atoms with Gasteiger partial charge in [0.15, 0.2) is 0 Å². The number of aryl methyl sites for hydroxylation is 1. The quantitative estimate of drug-likeness (QED) is 0.134. The molecule has 0 aliphatic heterocycles. The van der Waals surface area contributed by atoms with Crippen LogP contribution in [0.5, 0.6) is 0 Å². The van der Waals surface area contributed by atoms with Crippen LogP contribution >= 0.6 is 11.6 Å². The van der Waals surface area contributed by atoms with E-state index < -0.39 is 27.7 Å². The van der Waals surface area contributed by atoms with Crippen LogP contribution in [0.25, 0.3) is 16.7 Å². The zero-order valence-electron chi connectivity index (χ0n) is 29.0. The van der Waals surface area contributed by atoms with Crippen LogP contribution in [0, 0.1) is 18.3 Å². The van der Waals surface area contributed by atoms with Crippen molar-refractivity contribution in [2.75, 3.05) is 17.6 Å². The molecule has 9 heteroatoms. The number of hydrogen-bond donors (Lipinski definition) is 3. The Bertz CT molecular complexity index is 1960. The first-order valence-corrected chi connectivity index (χ1v) is 18.9. The number of amides is 2. The number of carbonyl (C=O) groups is 2. The van der Waals surface area contributed by atoms with E-state index in [0.717, 1.165) is 47.1 Å². The average molecular weight is 713 g/mol. The second-order valence-electron chi connectivity index (χ2n) is 14.2. The maximum Gasteiger partial charge on any atom is 0.266 e. The Hall–Kier alpha value is -4.24. The molecule has 1 aliphatic carbocycles. The zero-order valence-corrected chi connectivity index (χ0v) is 30.6. The fourth-order valence-electron chi connectivity index (χ4n) is 6.51. The topological polar surface area (TPSA) is 113 Å². The van der Waals surface area contributed by atoms with Gasteiger partial charge in [0, 0.05) is 22.8 Å². The highest BCUT2D eigenvalue weighted by molar-refractivity contribution is 7.85. The number of hydrogen-bond acceptors (Lipinski definition) is 4. The molecule has 0 bridgehead atoms. The van der Waals surface area contributed by atoms with Crippen LogP contribution < -0.4 is 10.6 Å². The minimum atomic E-state index is -4.17. The van der Waals surface area contributed by atoms with Crippen LogP contribution in [0.15, 0.2) is 97.1 Å². The summed E-state index contributed by atoms with van der Waals surface area (Å²) < 4.78 is 30.9. The van der Waals surface area contributed by atoms with Crippen molar-refractivity contribution in [1.82, 2.24) is 5.32 Å². The molecule has 4 aromatic carbocycles. The van der Waals surface area contributed by atoms with E-state index in [1.807, 2.05) is 61.5 Å². The minimum Gasteiger partial charge on any atom is -0.351 e. The molecule has 0 radical (unpaired) electrons. The number of rotatable bonds is 11. The van der Waals surface area contributed by atoms with Gasteiger partial charge in [0.25, 0.3) is 16.0 Å². The summed E-state index contributed by atoms with van der Waals surface area (Å²) in [6, 6.07) is 28.8. The molecule has 0 spiro atoms. The molecular weight excluding hydrogens is 668 g/mol. The lowest BCUT2D eigenvalue weighted by atomic mass is 9.72. The van der Waals surface area contributed by atoms with Gasteiger partial charge in [0.1, 0.15) is 0 Å². The lowest BCUT2D eigenvalue weighted by Gasteiger charge is -2.33. The van der Waals surface area contributed by atoms with E-state index in [9.17, 15) is 18.0 Å². The SMILES string of the molecule is Cc1cc(Cl)ccc1-c1ccc(NC(=O)C(Cc2ccc(C(=O)NCCS(=O)(=O)O)cc2)c2ccc(C3=CCC(C(C)(C)C)CC3)cc2)cc1. The van der Waals surface area contributed by atoms with Gasteiger partial charge in [-0.1, -0.05) is 93.0 Å². The van der Waals surface area contributed by atoms with Crippen molar-refractivity contribution in [3.63, 3.8) is 0 Å². The van der Waals surface area contributed by atoms with Crippen LogP contribution in [0.4, 0.5) is 5.69 Å². The highest BCUT2D eigenvalue weighted by atomic mass is 35.5. The molecule has 0 saturated heterocycles. The fraction of sp³-hybridized carbons (Fsp3) is 0.317. The van der Waals surface area contributed by atoms with Crippen molar-refractivity contribution in [2.24, 2.45) is 11.3 Å². The van der Waals surface area contributed by atoms with Gasteiger partial charge < -0.3 is 10.6 Å². The summed E-state index contributed by atoms with van der Waals surface area (Å²) >= 11 is 6.15. The van der Waals surface area contributed by atoms with E-state index in [1.165, 1.54) is 11.1 Å². The second-order valence-corrected chi connectivity index (χ2v) is 16.2. The van der Waals surface area contributed by atoms with Crippen LogP contribution in [0.2, 0.25) is 5.02 Å². The Morgan fingerprint density at radius 2 is 1.58 bits per heavy atom. The molecule has 1 aliphatic rings. The molecule has 262 valence electrons. The molecule has 0 heterocycles. The van der Waals surface area contributed by atoms with Gasteiger partial charge in [-0.05, 0) is 119 Å². The molecular formula is C41H45ClN2O5S. The van der Waals surface area contributed by atoms with Gasteiger partial charge in [0.05, 0.1) is 11.7 Å². The summed E-state index contributed by atoms with van der Waals surface area (Å²) in [6.07, 6.45) is 6.03. The molecule has 0 aromatic heterocycles. The van der Waals surface area contributed by atoms with Crippen molar-refractivity contribution >= 4 is 44.8 Å². The first kappa shape index (κ1) is 37.0. The molecule has 50 heavy (non-hydrogen) atoms. The van der Waals surface area contributed by atoms with Crippen molar-refractivity contribution < 1.29 is 22.6 Å².